The number of carbonyl (C=O) groups is 2. The van der Waals surface area contributed by atoms with E-state index in [1.165, 1.54) is 0 Å². The Hall–Kier alpha value is -1.84. The van der Waals surface area contributed by atoms with E-state index in [-0.39, 0.29) is 40.5 Å². The number of allylic oxidation sites excluding steroid dienone is 2. The van der Waals surface area contributed by atoms with Crippen molar-refractivity contribution >= 4 is 11.8 Å². The number of ketones is 1. The molecule has 0 aromatic carbocycles. The number of hydrogen-bond acceptors (Lipinski definition) is 4. The van der Waals surface area contributed by atoms with Gasteiger partial charge in [-0.25, -0.2) is 0 Å². The Balaban J connectivity index is 1.74. The van der Waals surface area contributed by atoms with Crippen molar-refractivity contribution in [2.24, 2.45) is 22.7 Å². The highest BCUT2D eigenvalue weighted by molar-refractivity contribution is 5.96. The molecule has 5 unspecified atom stereocenters. The first-order valence-corrected chi connectivity index (χ1v) is 8.39. The molecule has 5 atom stereocenters. The lowest BCUT2D eigenvalue weighted by atomic mass is 9.47. The number of esters is 1. The summed E-state index contributed by atoms with van der Waals surface area (Å²) in [4.78, 5) is 25.2. The second-order valence-electron chi connectivity index (χ2n) is 7.76. The summed E-state index contributed by atoms with van der Waals surface area (Å²) in [6.07, 6.45) is 9.82. The van der Waals surface area contributed by atoms with E-state index in [2.05, 4.69) is 13.8 Å². The Labute approximate surface area is 135 Å². The van der Waals surface area contributed by atoms with Crippen molar-refractivity contribution in [1.29, 1.82) is 0 Å². The molecule has 122 valence electrons. The lowest BCUT2D eigenvalue weighted by Gasteiger charge is -2.57. The normalized spacial score (nSPS) is 42.8. The second kappa shape index (κ2) is 4.83. The number of hydrogen-bond donors (Lipinski definition) is 0. The van der Waals surface area contributed by atoms with Crippen molar-refractivity contribution in [3.05, 3.63) is 36.3 Å². The maximum Gasteiger partial charge on any atom is 0.310 e. The van der Waals surface area contributed by atoms with Crippen LogP contribution in [0.1, 0.15) is 51.2 Å². The van der Waals surface area contributed by atoms with E-state index in [9.17, 15) is 9.59 Å². The number of rotatable bonds is 1. The highest BCUT2D eigenvalue weighted by Crippen LogP contribution is 2.62. The molecule has 4 heteroatoms. The fraction of sp³-hybridized carbons (Fsp3) is 0.579. The molecule has 4 nitrogen and oxygen atoms in total. The smallest absolute Gasteiger partial charge is 0.310 e. The summed E-state index contributed by atoms with van der Waals surface area (Å²) in [6, 6.07) is 1.86. The maximum atomic E-state index is 12.6. The molecule has 0 N–H and O–H groups in total. The molecule has 4 rings (SSSR count). The zero-order valence-electron chi connectivity index (χ0n) is 13.6. The van der Waals surface area contributed by atoms with Crippen molar-refractivity contribution in [2.45, 2.75) is 45.6 Å². The van der Waals surface area contributed by atoms with Gasteiger partial charge in [0, 0.05) is 11.0 Å². The van der Waals surface area contributed by atoms with Gasteiger partial charge in [0.1, 0.15) is 6.10 Å². The summed E-state index contributed by atoms with van der Waals surface area (Å²) in [6.45, 7) is 4.26. The zero-order valence-corrected chi connectivity index (χ0v) is 13.6. The molecule has 0 spiro atoms. The fourth-order valence-electron chi connectivity index (χ4n) is 5.22. The van der Waals surface area contributed by atoms with Crippen molar-refractivity contribution in [3.8, 4) is 0 Å². The van der Waals surface area contributed by atoms with E-state index in [0.29, 0.717) is 0 Å². The Morgan fingerprint density at radius 1 is 1.26 bits per heavy atom. The Bertz CT molecular complexity index is 674. The molecule has 1 saturated carbocycles. The first-order chi connectivity index (χ1) is 10.9. The van der Waals surface area contributed by atoms with Crippen LogP contribution in [-0.4, -0.2) is 11.8 Å². The van der Waals surface area contributed by atoms with Gasteiger partial charge in [-0.3, -0.25) is 9.59 Å². The largest absolute Gasteiger partial charge is 0.472 e. The van der Waals surface area contributed by atoms with Crippen LogP contribution in [0.2, 0.25) is 0 Å². The van der Waals surface area contributed by atoms with E-state index in [0.717, 1.165) is 31.2 Å². The highest BCUT2D eigenvalue weighted by Gasteiger charge is 2.61. The van der Waals surface area contributed by atoms with Gasteiger partial charge in [0.25, 0.3) is 0 Å². The first kappa shape index (κ1) is 14.7. The minimum Gasteiger partial charge on any atom is -0.472 e. The SMILES string of the molecule is CC12CCC3C(=O)OC(c4ccoc4)CC3(C)C1CC=CC2=O. The average Bonchev–Trinajstić information content (AvgIpc) is 3.03. The summed E-state index contributed by atoms with van der Waals surface area (Å²) < 4.78 is 10.9. The van der Waals surface area contributed by atoms with Crippen molar-refractivity contribution in [2.75, 3.05) is 0 Å². The molecule has 1 aliphatic heterocycles. The predicted molar refractivity (Wildman–Crippen MR) is 83.4 cm³/mol. The molecule has 2 aliphatic carbocycles. The average molecular weight is 314 g/mol. The molecule has 1 aromatic heterocycles. The Morgan fingerprint density at radius 3 is 2.83 bits per heavy atom. The number of furan rings is 1. The molecular formula is C19H22O4. The molecule has 0 bridgehead atoms. The van der Waals surface area contributed by atoms with Gasteiger partial charge in [0.2, 0.25) is 0 Å². The summed E-state index contributed by atoms with van der Waals surface area (Å²) in [5.41, 5.74) is 0.339. The van der Waals surface area contributed by atoms with Crippen LogP contribution in [0.15, 0.2) is 35.2 Å². The van der Waals surface area contributed by atoms with Crippen LogP contribution in [-0.2, 0) is 14.3 Å². The Kier molecular flexibility index (Phi) is 3.09. The van der Waals surface area contributed by atoms with Gasteiger partial charge in [-0.05, 0) is 49.2 Å². The minimum atomic E-state index is -0.349. The molecular weight excluding hydrogens is 292 g/mol. The summed E-state index contributed by atoms with van der Waals surface area (Å²) >= 11 is 0. The minimum absolute atomic E-state index is 0.108. The van der Waals surface area contributed by atoms with Crippen LogP contribution in [0.3, 0.4) is 0 Å². The molecule has 0 amide bonds. The quantitative estimate of drug-likeness (QED) is 0.739. The van der Waals surface area contributed by atoms with Crippen LogP contribution >= 0.6 is 0 Å². The van der Waals surface area contributed by atoms with Gasteiger partial charge >= 0.3 is 5.97 Å². The standard InChI is InChI=1S/C19H22O4/c1-18-8-6-13-17(21)23-14(12-7-9-22-11-12)10-19(13,2)15(18)4-3-5-16(18)20/h3,5,7,9,11,13-15H,4,6,8,10H2,1-2H3. The third-order valence-electron chi connectivity index (χ3n) is 6.60. The molecule has 2 fully saturated rings. The fourth-order valence-corrected chi connectivity index (χ4v) is 5.22. The van der Waals surface area contributed by atoms with Crippen LogP contribution in [0.25, 0.3) is 0 Å². The summed E-state index contributed by atoms with van der Waals surface area (Å²) in [5.74, 6) is 0.178. The maximum absolute atomic E-state index is 12.6. The lowest BCUT2D eigenvalue weighted by Crippen LogP contribution is -2.57. The summed E-state index contributed by atoms with van der Waals surface area (Å²) in [5, 5.41) is 0. The van der Waals surface area contributed by atoms with Gasteiger partial charge in [0.15, 0.2) is 5.78 Å². The third-order valence-corrected chi connectivity index (χ3v) is 6.60. The third kappa shape index (κ3) is 1.97. The molecule has 1 aromatic rings. The first-order valence-electron chi connectivity index (χ1n) is 8.39. The lowest BCUT2D eigenvalue weighted by molar-refractivity contribution is -0.192. The zero-order chi connectivity index (χ0) is 16.2. The highest BCUT2D eigenvalue weighted by atomic mass is 16.5. The topological polar surface area (TPSA) is 56.5 Å². The van der Waals surface area contributed by atoms with Gasteiger partial charge in [0.05, 0.1) is 18.4 Å². The number of cyclic esters (lactones) is 1. The van der Waals surface area contributed by atoms with Gasteiger partial charge < -0.3 is 9.15 Å². The van der Waals surface area contributed by atoms with E-state index >= 15 is 0 Å². The van der Waals surface area contributed by atoms with Gasteiger partial charge in [-0.1, -0.05) is 19.9 Å². The van der Waals surface area contributed by atoms with Gasteiger partial charge in [-0.2, -0.15) is 0 Å². The number of fused-ring (bicyclic) bond motifs is 3. The predicted octanol–water partition coefficient (Wildman–Crippen LogP) is 3.84. The van der Waals surface area contributed by atoms with Crippen molar-refractivity contribution < 1.29 is 18.7 Å². The summed E-state index contributed by atoms with van der Waals surface area (Å²) in [7, 11) is 0. The monoisotopic (exact) mass is 314 g/mol. The van der Waals surface area contributed by atoms with Crippen molar-refractivity contribution in [1.82, 2.24) is 0 Å². The van der Waals surface area contributed by atoms with Gasteiger partial charge in [-0.15, -0.1) is 0 Å². The number of carbonyl (C=O) groups excluding carboxylic acids is 2. The molecule has 23 heavy (non-hydrogen) atoms. The molecule has 0 radical (unpaired) electrons. The van der Waals surface area contributed by atoms with Crippen LogP contribution in [0.4, 0.5) is 0 Å². The van der Waals surface area contributed by atoms with E-state index in [1.807, 2.05) is 12.1 Å². The van der Waals surface area contributed by atoms with E-state index in [4.69, 9.17) is 9.15 Å². The molecule has 2 heterocycles. The number of ether oxygens (including phenoxy) is 1. The van der Waals surface area contributed by atoms with Crippen molar-refractivity contribution in [3.63, 3.8) is 0 Å². The van der Waals surface area contributed by atoms with E-state index in [1.54, 1.807) is 18.6 Å². The molecule has 1 saturated heterocycles. The van der Waals surface area contributed by atoms with E-state index < -0.39 is 0 Å². The molecule has 3 aliphatic rings. The second-order valence-corrected chi connectivity index (χ2v) is 7.76. The van der Waals surface area contributed by atoms with Crippen LogP contribution in [0, 0.1) is 22.7 Å². The Morgan fingerprint density at radius 2 is 2.09 bits per heavy atom. The van der Waals surface area contributed by atoms with Crippen LogP contribution in [0.5, 0.6) is 0 Å². The van der Waals surface area contributed by atoms with Crippen LogP contribution < -0.4 is 0 Å².